The Morgan fingerprint density at radius 1 is 1.17 bits per heavy atom. The van der Waals surface area contributed by atoms with E-state index in [9.17, 15) is 19.7 Å². The lowest BCUT2D eigenvalue weighted by atomic mass is 10.4. The SMILES string of the molecule is CO.COC(=O)c1cc(N)n[nH]1.COC(=O)c1cc([N+](=O)[O-])[nH]n1. The third kappa shape index (κ3) is 6.10. The average Bonchev–Trinajstić information content (AvgIpc) is 3.25. The molecule has 24 heavy (non-hydrogen) atoms. The number of nitrogens with one attached hydrogen (secondary N) is 2. The molecule has 5 N–H and O–H groups in total. The first-order valence-corrected chi connectivity index (χ1v) is 6.01. The van der Waals surface area contributed by atoms with Gasteiger partial charge in [-0.3, -0.25) is 5.10 Å². The predicted octanol–water partition coefficient (Wildman–Crippen LogP) is -0.509. The van der Waals surface area contributed by atoms with Crippen LogP contribution in [0.5, 0.6) is 0 Å². The maximum atomic E-state index is 10.7. The van der Waals surface area contributed by atoms with Crippen LogP contribution in [0.3, 0.4) is 0 Å². The smallest absolute Gasteiger partial charge is 0.360 e. The number of hydrogen-bond donors (Lipinski definition) is 4. The van der Waals surface area contributed by atoms with Crippen LogP contribution in [0.4, 0.5) is 11.6 Å². The van der Waals surface area contributed by atoms with Crippen LogP contribution in [0.25, 0.3) is 0 Å². The molecule has 13 nitrogen and oxygen atoms in total. The maximum absolute atomic E-state index is 10.7. The van der Waals surface area contributed by atoms with Gasteiger partial charge in [-0.2, -0.15) is 5.10 Å². The Morgan fingerprint density at radius 2 is 1.75 bits per heavy atom. The highest BCUT2D eigenvalue weighted by Crippen LogP contribution is 2.08. The number of carbonyl (C=O) groups excluding carboxylic acids is 2. The van der Waals surface area contributed by atoms with E-state index in [4.69, 9.17) is 10.8 Å². The first-order chi connectivity index (χ1) is 11.4. The molecule has 13 heteroatoms. The van der Waals surface area contributed by atoms with Crippen LogP contribution in [-0.4, -0.2) is 63.7 Å². The van der Waals surface area contributed by atoms with Gasteiger partial charge < -0.3 is 30.4 Å². The van der Waals surface area contributed by atoms with Crippen LogP contribution >= 0.6 is 0 Å². The van der Waals surface area contributed by atoms with Crippen molar-refractivity contribution in [3.8, 4) is 0 Å². The van der Waals surface area contributed by atoms with Crippen LogP contribution < -0.4 is 5.73 Å². The van der Waals surface area contributed by atoms with Crippen LogP contribution in [0.15, 0.2) is 12.1 Å². The maximum Gasteiger partial charge on any atom is 0.360 e. The molecule has 0 bridgehead atoms. The van der Waals surface area contributed by atoms with Gasteiger partial charge in [0.1, 0.15) is 11.5 Å². The van der Waals surface area contributed by atoms with E-state index < -0.39 is 16.9 Å². The minimum Gasteiger partial charge on any atom is -0.464 e. The molecule has 0 saturated heterocycles. The first kappa shape index (κ1) is 20.5. The molecular formula is C11H16N6O7. The molecular weight excluding hydrogens is 328 g/mol. The number of methoxy groups -OCH3 is 2. The van der Waals surface area contributed by atoms with E-state index in [1.54, 1.807) is 0 Å². The van der Waals surface area contributed by atoms with Crippen LogP contribution in [0.1, 0.15) is 21.0 Å². The molecule has 0 aromatic carbocycles. The Hall–Kier alpha value is -3.48. The average molecular weight is 344 g/mol. The molecule has 0 fully saturated rings. The van der Waals surface area contributed by atoms with Crippen LogP contribution in [0, 0.1) is 10.1 Å². The van der Waals surface area contributed by atoms with Gasteiger partial charge in [0, 0.05) is 13.2 Å². The molecule has 0 aliphatic carbocycles. The van der Waals surface area contributed by atoms with Gasteiger partial charge in [0.25, 0.3) is 0 Å². The molecule has 0 aliphatic rings. The van der Waals surface area contributed by atoms with Gasteiger partial charge in [-0.1, -0.05) is 5.10 Å². The number of nitrogen functional groups attached to an aromatic ring is 1. The number of nitrogens with two attached hydrogens (primary N) is 1. The normalized spacial score (nSPS) is 8.83. The second-order valence-corrected chi connectivity index (χ2v) is 3.59. The van der Waals surface area contributed by atoms with Crippen molar-refractivity contribution in [2.45, 2.75) is 0 Å². The van der Waals surface area contributed by atoms with Crippen molar-refractivity contribution in [1.29, 1.82) is 0 Å². The molecule has 0 aliphatic heterocycles. The highest BCUT2D eigenvalue weighted by Gasteiger charge is 2.16. The summed E-state index contributed by atoms with van der Waals surface area (Å²) in [5, 5.41) is 28.5. The third-order valence-corrected chi connectivity index (χ3v) is 2.16. The number of aromatic nitrogens is 4. The third-order valence-electron chi connectivity index (χ3n) is 2.16. The van der Waals surface area contributed by atoms with E-state index >= 15 is 0 Å². The van der Waals surface area contributed by atoms with E-state index in [1.807, 2.05) is 0 Å². The summed E-state index contributed by atoms with van der Waals surface area (Å²) >= 11 is 0. The molecule has 2 aromatic rings. The zero-order chi connectivity index (χ0) is 18.7. The van der Waals surface area contributed by atoms with Crippen LogP contribution in [-0.2, 0) is 9.47 Å². The summed E-state index contributed by atoms with van der Waals surface area (Å²) in [6.07, 6.45) is 0. The molecule has 0 spiro atoms. The van der Waals surface area contributed by atoms with Crippen molar-refractivity contribution < 1.29 is 29.1 Å². The van der Waals surface area contributed by atoms with Gasteiger partial charge in [0.15, 0.2) is 5.69 Å². The lowest BCUT2D eigenvalue weighted by molar-refractivity contribution is -0.389. The number of aromatic amines is 2. The van der Waals surface area contributed by atoms with Crippen molar-refractivity contribution in [1.82, 2.24) is 20.4 Å². The Bertz CT molecular complexity index is 680. The minimum atomic E-state index is -0.709. The first-order valence-electron chi connectivity index (χ1n) is 6.01. The Kier molecular flexibility index (Phi) is 8.79. The number of carbonyl (C=O) groups is 2. The Morgan fingerprint density at radius 3 is 2.12 bits per heavy atom. The molecule has 0 unspecified atom stereocenters. The van der Waals surface area contributed by atoms with Crippen molar-refractivity contribution >= 4 is 23.6 Å². The summed E-state index contributed by atoms with van der Waals surface area (Å²) in [5.41, 5.74) is 5.38. The van der Waals surface area contributed by atoms with E-state index in [2.05, 4.69) is 29.9 Å². The number of rotatable bonds is 3. The summed E-state index contributed by atoms with van der Waals surface area (Å²) in [5.74, 6) is -1.24. The number of H-pyrrole nitrogens is 2. The van der Waals surface area contributed by atoms with Crippen molar-refractivity contribution in [3.05, 3.63) is 33.6 Å². The van der Waals surface area contributed by atoms with E-state index in [1.165, 1.54) is 20.3 Å². The van der Waals surface area contributed by atoms with E-state index in [0.717, 1.165) is 13.2 Å². The lowest BCUT2D eigenvalue weighted by Crippen LogP contribution is -2.00. The van der Waals surface area contributed by atoms with Gasteiger partial charge in [-0.25, -0.2) is 9.59 Å². The summed E-state index contributed by atoms with van der Waals surface area (Å²) in [6, 6.07) is 2.41. The number of ether oxygens (including phenoxy) is 2. The van der Waals surface area contributed by atoms with Crippen molar-refractivity contribution in [2.75, 3.05) is 27.1 Å². The molecule has 0 atom stereocenters. The highest BCUT2D eigenvalue weighted by molar-refractivity contribution is 5.88. The summed E-state index contributed by atoms with van der Waals surface area (Å²) in [7, 11) is 3.46. The largest absolute Gasteiger partial charge is 0.464 e. The standard InChI is InChI=1S/C5H5N3O4.C5H7N3O2.CH4O/c1-12-5(9)3-2-4(7-6-3)8(10)11;1-10-5(9)3-2-4(6)8-7-3;1-2/h2H,1H3,(H,6,7);2H,1H3,(H3,6,7,8);2H,1H3. The van der Waals surface area contributed by atoms with Crippen LogP contribution in [0.2, 0.25) is 0 Å². The minimum absolute atomic E-state index is 0.107. The van der Waals surface area contributed by atoms with Gasteiger partial charge in [0.05, 0.1) is 20.3 Å². The molecule has 0 saturated carbocycles. The lowest BCUT2D eigenvalue weighted by Gasteiger charge is -1.90. The summed E-state index contributed by atoms with van der Waals surface area (Å²) in [4.78, 5) is 30.8. The topological polar surface area (TPSA) is 199 Å². The number of nitro groups is 1. The monoisotopic (exact) mass is 344 g/mol. The van der Waals surface area contributed by atoms with Gasteiger partial charge >= 0.3 is 17.8 Å². The quantitative estimate of drug-likeness (QED) is 0.319. The molecule has 2 aromatic heterocycles. The van der Waals surface area contributed by atoms with E-state index in [-0.39, 0.29) is 23.0 Å². The Labute approximate surface area is 134 Å². The van der Waals surface area contributed by atoms with Crippen molar-refractivity contribution in [3.63, 3.8) is 0 Å². The number of hydrogen-bond acceptors (Lipinski definition) is 10. The summed E-state index contributed by atoms with van der Waals surface area (Å²) in [6.45, 7) is 0. The second-order valence-electron chi connectivity index (χ2n) is 3.59. The number of esters is 2. The Balaban J connectivity index is 0.000000405. The summed E-state index contributed by atoms with van der Waals surface area (Å²) < 4.78 is 8.67. The fraction of sp³-hybridized carbons (Fsp3) is 0.273. The number of anilines is 1. The zero-order valence-corrected chi connectivity index (χ0v) is 13.0. The zero-order valence-electron chi connectivity index (χ0n) is 13.0. The molecule has 2 heterocycles. The highest BCUT2D eigenvalue weighted by atomic mass is 16.6. The molecule has 0 amide bonds. The second kappa shape index (κ2) is 10.3. The number of nitrogens with zero attached hydrogens (tertiary/aromatic N) is 3. The van der Waals surface area contributed by atoms with E-state index in [0.29, 0.717) is 0 Å². The number of aliphatic hydroxyl groups is 1. The fourth-order valence-corrected chi connectivity index (χ4v) is 1.17. The molecule has 0 radical (unpaired) electrons. The van der Waals surface area contributed by atoms with Gasteiger partial charge in [-0.05, 0) is 4.92 Å². The fourth-order valence-electron chi connectivity index (χ4n) is 1.17. The number of aliphatic hydroxyl groups excluding tert-OH is 1. The predicted molar refractivity (Wildman–Crippen MR) is 79.1 cm³/mol. The molecule has 2 rings (SSSR count). The molecule has 132 valence electrons. The van der Waals surface area contributed by atoms with Gasteiger partial charge in [0.2, 0.25) is 0 Å². The van der Waals surface area contributed by atoms with Crippen molar-refractivity contribution in [2.24, 2.45) is 0 Å². The van der Waals surface area contributed by atoms with Gasteiger partial charge in [-0.15, -0.1) is 5.10 Å².